The number of aliphatic hydroxyl groups is 1. The van der Waals surface area contributed by atoms with Gasteiger partial charge in [-0.2, -0.15) is 5.26 Å². The van der Waals surface area contributed by atoms with Gasteiger partial charge in [0.05, 0.1) is 11.3 Å². The number of aliphatic imine (C=N–C) groups is 1. The van der Waals surface area contributed by atoms with Crippen LogP contribution in [-0.2, 0) is 12.1 Å². The van der Waals surface area contributed by atoms with Crippen LogP contribution in [0.1, 0.15) is 42.1 Å². The summed E-state index contributed by atoms with van der Waals surface area (Å²) in [6, 6.07) is 12.5. The molecule has 134 valence electrons. The number of rotatable bonds is 5. The summed E-state index contributed by atoms with van der Waals surface area (Å²) in [6.07, 6.45) is 2.51. The fraction of sp³-hybridized carbons (Fsp3) is 0.350. The topological polar surface area (TPSA) is 93.3 Å². The number of nitrogens with one attached hydrogen (secondary N) is 2. The lowest BCUT2D eigenvalue weighted by atomic mass is 9.95. The van der Waals surface area contributed by atoms with Crippen LogP contribution in [0.4, 0.5) is 11.5 Å². The summed E-state index contributed by atoms with van der Waals surface area (Å²) in [7, 11) is 1.73. The van der Waals surface area contributed by atoms with Crippen LogP contribution in [0, 0.1) is 18.3 Å². The van der Waals surface area contributed by atoms with E-state index in [0.717, 1.165) is 12.8 Å². The largest absolute Gasteiger partial charge is 0.372 e. The second-order valence-corrected chi connectivity index (χ2v) is 6.58. The molecule has 1 aliphatic heterocycles. The van der Waals surface area contributed by atoms with Gasteiger partial charge in [0, 0.05) is 19.2 Å². The number of anilines is 2. The average Bonchev–Trinajstić information content (AvgIpc) is 2.61. The van der Waals surface area contributed by atoms with Gasteiger partial charge in [0.1, 0.15) is 23.3 Å². The van der Waals surface area contributed by atoms with E-state index < -0.39 is 5.72 Å². The normalized spacial score (nSPS) is 18.3. The smallest absolute Gasteiger partial charge is 0.185 e. The number of nitriles is 1. The summed E-state index contributed by atoms with van der Waals surface area (Å²) >= 11 is 0. The van der Waals surface area contributed by atoms with Crippen LogP contribution < -0.4 is 10.6 Å². The highest BCUT2D eigenvalue weighted by molar-refractivity contribution is 6.00. The molecule has 0 saturated carbocycles. The monoisotopic (exact) mass is 349 g/mol. The zero-order valence-electron chi connectivity index (χ0n) is 15.3. The van der Waals surface area contributed by atoms with E-state index in [1.807, 2.05) is 25.1 Å². The molecule has 0 fully saturated rings. The Labute approximate surface area is 153 Å². The molecule has 6 nitrogen and oxygen atoms in total. The first-order chi connectivity index (χ1) is 12.5. The third kappa shape index (κ3) is 3.39. The lowest BCUT2D eigenvalue weighted by molar-refractivity contribution is 0.0658. The van der Waals surface area contributed by atoms with Crippen LogP contribution in [-0.4, -0.2) is 23.0 Å². The van der Waals surface area contributed by atoms with Gasteiger partial charge in [-0.05, 0) is 32.3 Å². The summed E-state index contributed by atoms with van der Waals surface area (Å²) < 4.78 is 0. The molecule has 6 heteroatoms. The Morgan fingerprint density at radius 3 is 2.65 bits per heavy atom. The average molecular weight is 349 g/mol. The van der Waals surface area contributed by atoms with Gasteiger partial charge in [-0.3, -0.25) is 0 Å². The van der Waals surface area contributed by atoms with Crippen LogP contribution in [0.5, 0.6) is 0 Å². The Morgan fingerprint density at radius 2 is 2.00 bits per heavy atom. The highest BCUT2D eigenvalue weighted by Crippen LogP contribution is 2.39. The highest BCUT2D eigenvalue weighted by Gasteiger charge is 2.35. The minimum absolute atomic E-state index is 0.392. The molecule has 3 rings (SSSR count). The quantitative estimate of drug-likeness (QED) is 0.770. The van der Waals surface area contributed by atoms with Gasteiger partial charge in [0.25, 0.3) is 0 Å². The van der Waals surface area contributed by atoms with E-state index in [1.165, 1.54) is 5.56 Å². The van der Waals surface area contributed by atoms with Gasteiger partial charge < -0.3 is 15.7 Å². The van der Waals surface area contributed by atoms with Crippen molar-refractivity contribution < 1.29 is 5.11 Å². The Bertz CT molecular complexity index is 881. The van der Waals surface area contributed by atoms with E-state index in [4.69, 9.17) is 0 Å². The number of fused-ring (bicyclic) bond motifs is 1. The van der Waals surface area contributed by atoms with Gasteiger partial charge in [0.15, 0.2) is 5.72 Å². The number of benzene rings is 1. The van der Waals surface area contributed by atoms with Crippen molar-refractivity contribution in [3.63, 3.8) is 0 Å². The Balaban J connectivity index is 1.86. The number of aryl methyl sites for hydroxylation is 2. The van der Waals surface area contributed by atoms with Crippen molar-refractivity contribution in [2.24, 2.45) is 4.99 Å². The molecular formula is C20H23N5O. The van der Waals surface area contributed by atoms with Crippen molar-refractivity contribution in [2.75, 3.05) is 17.7 Å². The standard InChI is InChI=1S/C20H23N5O/c1-13-17-18(15(12-21)19(22-3)23-13)24-16(25-20(17,2)26)11-7-10-14-8-5-4-6-9-14/h4-6,8-9,26H,7,10-11H2,1-3H3,(H,22,23)(H,24,25). The molecular weight excluding hydrogens is 326 g/mol. The summed E-state index contributed by atoms with van der Waals surface area (Å²) in [6.45, 7) is 3.45. The predicted molar refractivity (Wildman–Crippen MR) is 103 cm³/mol. The van der Waals surface area contributed by atoms with Crippen molar-refractivity contribution in [2.45, 2.75) is 38.8 Å². The third-order valence-electron chi connectivity index (χ3n) is 4.54. The number of amidine groups is 1. The fourth-order valence-corrected chi connectivity index (χ4v) is 3.41. The molecule has 0 amide bonds. The van der Waals surface area contributed by atoms with Crippen LogP contribution >= 0.6 is 0 Å². The number of pyridine rings is 1. The zero-order valence-corrected chi connectivity index (χ0v) is 15.3. The van der Waals surface area contributed by atoms with Crippen LogP contribution in [0.15, 0.2) is 35.3 Å². The molecule has 1 unspecified atom stereocenters. The van der Waals surface area contributed by atoms with Crippen LogP contribution in [0.25, 0.3) is 0 Å². The van der Waals surface area contributed by atoms with Crippen molar-refractivity contribution >= 4 is 17.3 Å². The van der Waals surface area contributed by atoms with E-state index in [9.17, 15) is 10.4 Å². The molecule has 2 heterocycles. The lowest BCUT2D eigenvalue weighted by Crippen LogP contribution is -2.33. The SMILES string of the molecule is CNc1nc(C)c2c(c1C#N)NC(CCCc1ccccc1)=NC2(C)O. The molecule has 0 saturated heterocycles. The number of hydrogen-bond acceptors (Lipinski definition) is 6. The molecule has 3 N–H and O–H groups in total. The maximum atomic E-state index is 10.9. The van der Waals surface area contributed by atoms with Crippen molar-refractivity contribution in [1.82, 2.24) is 4.98 Å². The van der Waals surface area contributed by atoms with E-state index in [1.54, 1.807) is 14.0 Å². The summed E-state index contributed by atoms with van der Waals surface area (Å²) in [5.74, 6) is 1.18. The van der Waals surface area contributed by atoms with E-state index in [0.29, 0.717) is 40.6 Å². The Morgan fingerprint density at radius 1 is 1.27 bits per heavy atom. The number of nitrogens with zero attached hydrogens (tertiary/aromatic N) is 3. The first kappa shape index (κ1) is 17.9. The maximum Gasteiger partial charge on any atom is 0.185 e. The molecule has 0 aliphatic carbocycles. The van der Waals surface area contributed by atoms with E-state index in [-0.39, 0.29) is 0 Å². The van der Waals surface area contributed by atoms with Gasteiger partial charge in [-0.25, -0.2) is 9.98 Å². The van der Waals surface area contributed by atoms with Gasteiger partial charge in [-0.1, -0.05) is 30.3 Å². The number of hydrogen-bond donors (Lipinski definition) is 3. The molecule has 0 spiro atoms. The van der Waals surface area contributed by atoms with Crippen molar-refractivity contribution in [1.29, 1.82) is 5.26 Å². The second kappa shape index (κ2) is 7.14. The van der Waals surface area contributed by atoms with Gasteiger partial charge in [-0.15, -0.1) is 0 Å². The Hall–Kier alpha value is -2.91. The third-order valence-corrected chi connectivity index (χ3v) is 4.54. The van der Waals surface area contributed by atoms with Gasteiger partial charge >= 0.3 is 0 Å². The highest BCUT2D eigenvalue weighted by atomic mass is 16.3. The van der Waals surface area contributed by atoms with Crippen molar-refractivity contribution in [3.8, 4) is 6.07 Å². The van der Waals surface area contributed by atoms with Crippen molar-refractivity contribution in [3.05, 3.63) is 52.7 Å². The molecule has 26 heavy (non-hydrogen) atoms. The first-order valence-electron chi connectivity index (χ1n) is 8.71. The van der Waals surface area contributed by atoms with E-state index in [2.05, 4.69) is 38.8 Å². The second-order valence-electron chi connectivity index (χ2n) is 6.58. The zero-order chi connectivity index (χ0) is 18.7. The molecule has 1 aromatic heterocycles. The molecule has 1 aliphatic rings. The summed E-state index contributed by atoms with van der Waals surface area (Å²) in [5, 5.41) is 26.7. The van der Waals surface area contributed by atoms with Gasteiger partial charge in [0.2, 0.25) is 0 Å². The first-order valence-corrected chi connectivity index (χ1v) is 8.71. The number of aromatic nitrogens is 1. The molecule has 1 atom stereocenters. The maximum absolute atomic E-state index is 10.9. The summed E-state index contributed by atoms with van der Waals surface area (Å²) in [5.41, 5.74) is 2.06. The van der Waals surface area contributed by atoms with E-state index >= 15 is 0 Å². The predicted octanol–water partition coefficient (Wildman–Crippen LogP) is 3.32. The Kier molecular flexibility index (Phi) is 4.92. The minimum Gasteiger partial charge on any atom is -0.372 e. The lowest BCUT2D eigenvalue weighted by Gasteiger charge is -2.31. The molecule has 1 aromatic carbocycles. The fourth-order valence-electron chi connectivity index (χ4n) is 3.41. The van der Waals surface area contributed by atoms with Crippen LogP contribution in [0.3, 0.4) is 0 Å². The summed E-state index contributed by atoms with van der Waals surface area (Å²) in [4.78, 5) is 8.87. The molecule has 0 radical (unpaired) electrons. The molecule has 0 bridgehead atoms. The minimum atomic E-state index is -1.41. The van der Waals surface area contributed by atoms with Crippen LogP contribution in [0.2, 0.25) is 0 Å². The molecule has 2 aromatic rings.